The van der Waals surface area contributed by atoms with Crippen molar-refractivity contribution in [2.24, 2.45) is 0 Å². The normalized spacial score (nSPS) is 11.7. The Morgan fingerprint density at radius 2 is 1.46 bits per heavy atom. The quantitative estimate of drug-likeness (QED) is 0.625. The molecule has 0 unspecified atom stereocenters. The van der Waals surface area contributed by atoms with Crippen LogP contribution in [0.15, 0.2) is 22.4 Å². The summed E-state index contributed by atoms with van der Waals surface area (Å²) in [6, 6.07) is 0. The Morgan fingerprint density at radius 1 is 1.00 bits per heavy atom. The predicted molar refractivity (Wildman–Crippen MR) is 38.2 cm³/mol. The summed E-state index contributed by atoms with van der Waals surface area (Å²) in [5.41, 5.74) is 0. The second kappa shape index (κ2) is 2.62. The van der Waals surface area contributed by atoms with Crippen LogP contribution in [0.4, 0.5) is 0 Å². The second-order valence-electron chi connectivity index (χ2n) is 2.13. The van der Waals surface area contributed by atoms with Crippen molar-refractivity contribution >= 4 is 9.84 Å². The molecule has 0 aliphatic heterocycles. The number of nitrogens with zero attached hydrogens (tertiary/aromatic N) is 4. The molecule has 0 fully saturated rings. The van der Waals surface area contributed by atoms with Gasteiger partial charge in [0.2, 0.25) is 19.9 Å². The van der Waals surface area contributed by atoms with E-state index in [2.05, 4.69) is 30.8 Å². The first-order valence-electron chi connectivity index (χ1n) is 3.19. The molecule has 0 spiro atoms. The average molecular weight is 200 g/mol. The van der Waals surface area contributed by atoms with Crippen LogP contribution in [0.3, 0.4) is 0 Å². The molecular weight excluding hydrogens is 196 g/mol. The van der Waals surface area contributed by atoms with Gasteiger partial charge in [-0.3, -0.25) is 10.2 Å². The molecule has 2 rings (SSSR count). The molecule has 9 heteroatoms. The Labute approximate surface area is 72.3 Å². The Kier molecular flexibility index (Phi) is 1.59. The van der Waals surface area contributed by atoms with Crippen molar-refractivity contribution in [1.29, 1.82) is 0 Å². The second-order valence-corrected chi connectivity index (χ2v) is 3.97. The molecule has 68 valence electrons. The van der Waals surface area contributed by atoms with Crippen molar-refractivity contribution in [2.75, 3.05) is 0 Å². The Balaban J connectivity index is 2.56. The number of hydrogen-bond donors (Lipinski definition) is 2. The van der Waals surface area contributed by atoms with E-state index in [1.54, 1.807) is 0 Å². The maximum Gasteiger partial charge on any atom is 0.247 e. The van der Waals surface area contributed by atoms with Crippen molar-refractivity contribution in [1.82, 2.24) is 30.8 Å². The third-order valence-electron chi connectivity index (χ3n) is 1.34. The van der Waals surface area contributed by atoms with Crippen LogP contribution in [0.2, 0.25) is 0 Å². The number of H-pyrrole nitrogens is 2. The summed E-state index contributed by atoms with van der Waals surface area (Å²) in [4.78, 5) is 0. The highest BCUT2D eigenvalue weighted by Gasteiger charge is 2.22. The van der Waals surface area contributed by atoms with Gasteiger partial charge in [0, 0.05) is 0 Å². The van der Waals surface area contributed by atoms with Gasteiger partial charge in [-0.25, -0.2) is 8.42 Å². The molecule has 0 saturated carbocycles. The lowest BCUT2D eigenvalue weighted by Crippen LogP contribution is -2.02. The molecule has 2 aromatic rings. The molecule has 0 aliphatic carbocycles. The van der Waals surface area contributed by atoms with E-state index in [0.29, 0.717) is 0 Å². The number of aromatic nitrogens is 6. The van der Waals surface area contributed by atoms with Crippen molar-refractivity contribution in [3.63, 3.8) is 0 Å². The standard InChI is InChI=1S/C4H4N6O2S/c11-13(12,3-1-5-9-7-3)4-2-6-10-8-4/h1-2H,(H,5,7,9)(H,6,8,10). The largest absolute Gasteiger partial charge is 0.264 e. The van der Waals surface area contributed by atoms with Gasteiger partial charge >= 0.3 is 0 Å². The van der Waals surface area contributed by atoms with E-state index < -0.39 is 9.84 Å². The third-order valence-corrected chi connectivity index (χ3v) is 2.84. The first kappa shape index (κ1) is 7.86. The van der Waals surface area contributed by atoms with Crippen molar-refractivity contribution in [3.05, 3.63) is 12.4 Å². The smallest absolute Gasteiger partial charge is 0.247 e. The maximum absolute atomic E-state index is 11.5. The molecular formula is C4H4N6O2S. The fourth-order valence-electron chi connectivity index (χ4n) is 0.752. The van der Waals surface area contributed by atoms with Crippen molar-refractivity contribution in [3.8, 4) is 0 Å². The van der Waals surface area contributed by atoms with E-state index in [9.17, 15) is 8.42 Å². The van der Waals surface area contributed by atoms with Crippen LogP contribution < -0.4 is 0 Å². The van der Waals surface area contributed by atoms with Gasteiger partial charge < -0.3 is 0 Å². The molecule has 0 bridgehead atoms. The zero-order chi connectivity index (χ0) is 9.31. The number of aromatic amines is 2. The summed E-state index contributed by atoms with van der Waals surface area (Å²) in [6.45, 7) is 0. The van der Waals surface area contributed by atoms with E-state index >= 15 is 0 Å². The maximum atomic E-state index is 11.5. The summed E-state index contributed by atoms with van der Waals surface area (Å²) in [5, 5.41) is 17.5. The number of nitrogens with one attached hydrogen (secondary N) is 2. The molecule has 0 atom stereocenters. The lowest BCUT2D eigenvalue weighted by molar-refractivity contribution is 0.587. The van der Waals surface area contributed by atoms with Crippen LogP contribution in [0.25, 0.3) is 0 Å². The van der Waals surface area contributed by atoms with E-state index in [-0.39, 0.29) is 10.1 Å². The molecule has 2 heterocycles. The van der Waals surface area contributed by atoms with E-state index in [1.165, 1.54) is 12.4 Å². The summed E-state index contributed by atoms with van der Waals surface area (Å²) in [5.74, 6) is 0. The molecule has 13 heavy (non-hydrogen) atoms. The topological polar surface area (TPSA) is 117 Å². The molecule has 2 N–H and O–H groups in total. The minimum absolute atomic E-state index is 0.179. The predicted octanol–water partition coefficient (Wildman–Crippen LogP) is -1.24. The minimum atomic E-state index is -3.66. The minimum Gasteiger partial charge on any atom is -0.264 e. The van der Waals surface area contributed by atoms with Crippen LogP contribution in [0.5, 0.6) is 0 Å². The van der Waals surface area contributed by atoms with E-state index in [4.69, 9.17) is 0 Å². The zero-order valence-corrected chi connectivity index (χ0v) is 6.98. The van der Waals surface area contributed by atoms with Gasteiger partial charge in [0.25, 0.3) is 0 Å². The highest BCUT2D eigenvalue weighted by atomic mass is 32.2. The van der Waals surface area contributed by atoms with Gasteiger partial charge in [0.1, 0.15) is 0 Å². The molecule has 2 aromatic heterocycles. The van der Waals surface area contributed by atoms with Gasteiger partial charge in [0.15, 0.2) is 0 Å². The lowest BCUT2D eigenvalue weighted by atomic mass is 10.9. The first-order chi connectivity index (χ1) is 6.21. The van der Waals surface area contributed by atoms with E-state index in [1.807, 2.05) is 0 Å². The van der Waals surface area contributed by atoms with Gasteiger partial charge in [-0.05, 0) is 0 Å². The van der Waals surface area contributed by atoms with Gasteiger partial charge in [-0.15, -0.1) is 10.2 Å². The number of hydrogen-bond acceptors (Lipinski definition) is 6. The van der Waals surface area contributed by atoms with Gasteiger partial charge in [-0.1, -0.05) is 10.4 Å². The summed E-state index contributed by atoms with van der Waals surface area (Å²) in [7, 11) is -3.66. The highest BCUT2D eigenvalue weighted by Crippen LogP contribution is 2.12. The Bertz CT molecular complexity index is 430. The van der Waals surface area contributed by atoms with Crippen LogP contribution in [0.1, 0.15) is 0 Å². The zero-order valence-electron chi connectivity index (χ0n) is 6.17. The molecule has 0 amide bonds. The first-order valence-corrected chi connectivity index (χ1v) is 4.67. The molecule has 0 aliphatic rings. The molecule has 0 saturated heterocycles. The monoisotopic (exact) mass is 200 g/mol. The van der Waals surface area contributed by atoms with Gasteiger partial charge in [0.05, 0.1) is 12.4 Å². The number of sulfone groups is 1. The summed E-state index contributed by atoms with van der Waals surface area (Å²) in [6.07, 6.45) is 2.34. The fourth-order valence-corrected chi connectivity index (χ4v) is 1.68. The van der Waals surface area contributed by atoms with Gasteiger partial charge in [-0.2, -0.15) is 0 Å². The molecule has 0 radical (unpaired) electrons. The number of rotatable bonds is 2. The van der Waals surface area contributed by atoms with E-state index in [0.717, 1.165) is 0 Å². The van der Waals surface area contributed by atoms with Crippen molar-refractivity contribution in [2.45, 2.75) is 10.1 Å². The van der Waals surface area contributed by atoms with Crippen LogP contribution in [-0.4, -0.2) is 39.2 Å². The lowest BCUT2D eigenvalue weighted by Gasteiger charge is -1.90. The van der Waals surface area contributed by atoms with Crippen LogP contribution in [-0.2, 0) is 9.84 Å². The van der Waals surface area contributed by atoms with Crippen molar-refractivity contribution < 1.29 is 8.42 Å². The molecule has 0 aromatic carbocycles. The highest BCUT2D eigenvalue weighted by molar-refractivity contribution is 7.91. The SMILES string of the molecule is O=S(=O)(c1c[nH]nn1)c1c[nH]nn1. The average Bonchev–Trinajstić information content (AvgIpc) is 2.78. The fraction of sp³-hybridized carbons (Fsp3) is 0. The molecule has 8 nitrogen and oxygen atoms in total. The Hall–Kier alpha value is -1.77. The van der Waals surface area contributed by atoms with Crippen LogP contribution in [0, 0.1) is 0 Å². The third kappa shape index (κ3) is 1.18. The Morgan fingerprint density at radius 3 is 1.77 bits per heavy atom. The summed E-state index contributed by atoms with van der Waals surface area (Å²) < 4.78 is 23.0. The van der Waals surface area contributed by atoms with Crippen LogP contribution >= 0.6 is 0 Å². The summed E-state index contributed by atoms with van der Waals surface area (Å²) >= 11 is 0.